The van der Waals surface area contributed by atoms with Gasteiger partial charge in [0, 0.05) is 38.8 Å². The van der Waals surface area contributed by atoms with Gasteiger partial charge in [-0.05, 0) is 17.7 Å². The monoisotopic (exact) mass is 480 g/mol. The first kappa shape index (κ1) is 23.3. The molecule has 2 amide bonds. The Balaban J connectivity index is 1.52. The van der Waals surface area contributed by atoms with E-state index in [9.17, 15) is 18.0 Å². The summed E-state index contributed by atoms with van der Waals surface area (Å²) >= 11 is 1.15. The third kappa shape index (κ3) is 6.56. The van der Waals surface area contributed by atoms with Crippen LogP contribution in [-0.2, 0) is 11.3 Å². The number of aromatic nitrogens is 1. The Morgan fingerprint density at radius 2 is 1.94 bits per heavy atom. The van der Waals surface area contributed by atoms with Gasteiger partial charge in [-0.25, -0.2) is 9.78 Å². The van der Waals surface area contributed by atoms with Crippen LogP contribution in [0.5, 0.6) is 5.75 Å². The predicted molar refractivity (Wildman–Crippen MR) is 120 cm³/mol. The molecule has 1 N–H and O–H groups in total. The Hall–Kier alpha value is -2.89. The van der Waals surface area contributed by atoms with E-state index in [0.29, 0.717) is 48.2 Å². The number of rotatable bonds is 7. The van der Waals surface area contributed by atoms with E-state index in [4.69, 9.17) is 4.74 Å². The van der Waals surface area contributed by atoms with Crippen molar-refractivity contribution in [2.24, 2.45) is 0 Å². The second-order valence-electron chi connectivity index (χ2n) is 7.42. The van der Waals surface area contributed by atoms with Crippen molar-refractivity contribution in [3.05, 3.63) is 54.1 Å². The van der Waals surface area contributed by atoms with E-state index in [2.05, 4.69) is 19.9 Å². The largest absolute Gasteiger partial charge is 0.573 e. The summed E-state index contributed by atoms with van der Waals surface area (Å²) in [4.78, 5) is 21.3. The lowest BCUT2D eigenvalue weighted by molar-refractivity contribution is -0.274. The third-order valence-corrected chi connectivity index (χ3v) is 6.13. The van der Waals surface area contributed by atoms with Crippen LogP contribution in [0.3, 0.4) is 0 Å². The molecule has 4 rings (SSSR count). The second-order valence-corrected chi connectivity index (χ2v) is 8.43. The molecule has 1 saturated heterocycles. The van der Waals surface area contributed by atoms with Crippen molar-refractivity contribution in [3.8, 4) is 5.75 Å². The molecule has 11 heteroatoms. The van der Waals surface area contributed by atoms with Gasteiger partial charge in [-0.2, -0.15) is 0 Å². The van der Waals surface area contributed by atoms with E-state index >= 15 is 0 Å². The molecule has 0 radical (unpaired) electrons. The van der Waals surface area contributed by atoms with Crippen molar-refractivity contribution in [1.29, 1.82) is 0 Å². The molecular weight excluding hydrogens is 457 g/mol. The molecule has 1 aromatic heterocycles. The molecule has 0 saturated carbocycles. The zero-order valence-corrected chi connectivity index (χ0v) is 18.5. The number of amides is 2. The van der Waals surface area contributed by atoms with Gasteiger partial charge in [0.15, 0.2) is 5.13 Å². The van der Waals surface area contributed by atoms with Gasteiger partial charge >= 0.3 is 12.4 Å². The molecule has 1 fully saturated rings. The molecule has 0 spiro atoms. The third-order valence-electron chi connectivity index (χ3n) is 5.09. The van der Waals surface area contributed by atoms with Crippen molar-refractivity contribution >= 4 is 32.7 Å². The summed E-state index contributed by atoms with van der Waals surface area (Å²) in [6, 6.07) is 13.2. The number of hydrogen-bond donors (Lipinski definition) is 1. The summed E-state index contributed by atoms with van der Waals surface area (Å²) < 4.78 is 47.6. The highest BCUT2D eigenvalue weighted by Gasteiger charge is 2.31. The minimum atomic E-state index is -4.78. The van der Waals surface area contributed by atoms with E-state index in [1.165, 1.54) is 23.1 Å². The van der Waals surface area contributed by atoms with Crippen molar-refractivity contribution in [2.45, 2.75) is 12.9 Å². The summed E-state index contributed by atoms with van der Waals surface area (Å²) in [5.74, 6) is -0.321. The number of urea groups is 1. The van der Waals surface area contributed by atoms with Crippen LogP contribution in [-0.4, -0.2) is 61.7 Å². The fraction of sp³-hybridized carbons (Fsp3) is 0.364. The van der Waals surface area contributed by atoms with Gasteiger partial charge in [-0.1, -0.05) is 41.7 Å². The van der Waals surface area contributed by atoms with E-state index in [0.717, 1.165) is 30.0 Å². The highest BCUT2D eigenvalue weighted by molar-refractivity contribution is 7.22. The van der Waals surface area contributed by atoms with Crippen LogP contribution in [0.25, 0.3) is 10.2 Å². The van der Waals surface area contributed by atoms with E-state index in [1.54, 1.807) is 0 Å². The molecule has 176 valence electrons. The first-order valence-corrected chi connectivity index (χ1v) is 11.2. The van der Waals surface area contributed by atoms with Crippen LogP contribution in [0.15, 0.2) is 48.5 Å². The Bertz CT molecular complexity index is 1070. The van der Waals surface area contributed by atoms with Crippen LogP contribution in [0.1, 0.15) is 5.56 Å². The molecule has 1 aliphatic heterocycles. The van der Waals surface area contributed by atoms with E-state index in [1.807, 2.05) is 30.3 Å². The second kappa shape index (κ2) is 10.4. The minimum absolute atomic E-state index is 0.321. The number of morpholine rings is 1. The number of benzene rings is 2. The lowest BCUT2D eigenvalue weighted by atomic mass is 10.2. The van der Waals surface area contributed by atoms with Gasteiger partial charge in [-0.15, -0.1) is 13.2 Å². The van der Waals surface area contributed by atoms with Crippen LogP contribution in [0.2, 0.25) is 0 Å². The highest BCUT2D eigenvalue weighted by atomic mass is 32.1. The van der Waals surface area contributed by atoms with Gasteiger partial charge in [0.2, 0.25) is 0 Å². The SMILES string of the molecule is O=C(NCc1ccccc1)N(CCN1CCOCC1)c1nc2ccc(OC(F)(F)F)cc2s1. The van der Waals surface area contributed by atoms with Crippen molar-refractivity contribution in [1.82, 2.24) is 15.2 Å². The molecule has 1 aliphatic rings. The number of fused-ring (bicyclic) bond motifs is 1. The molecule has 7 nitrogen and oxygen atoms in total. The van der Waals surface area contributed by atoms with E-state index < -0.39 is 6.36 Å². The normalized spacial score (nSPS) is 14.9. The number of nitrogens with zero attached hydrogens (tertiary/aromatic N) is 3. The van der Waals surface area contributed by atoms with Crippen molar-refractivity contribution in [3.63, 3.8) is 0 Å². The maximum Gasteiger partial charge on any atom is 0.573 e. The molecule has 0 aliphatic carbocycles. The van der Waals surface area contributed by atoms with E-state index in [-0.39, 0.29) is 11.8 Å². The van der Waals surface area contributed by atoms with Crippen molar-refractivity contribution in [2.75, 3.05) is 44.3 Å². The molecule has 33 heavy (non-hydrogen) atoms. The molecule has 3 aromatic rings. The smallest absolute Gasteiger partial charge is 0.406 e. The number of alkyl halides is 3. The fourth-order valence-electron chi connectivity index (χ4n) is 3.42. The van der Waals surface area contributed by atoms with Gasteiger partial charge in [0.25, 0.3) is 0 Å². The fourth-order valence-corrected chi connectivity index (χ4v) is 4.44. The Morgan fingerprint density at radius 3 is 2.67 bits per heavy atom. The summed E-state index contributed by atoms with van der Waals surface area (Å²) in [5.41, 5.74) is 1.45. The minimum Gasteiger partial charge on any atom is -0.406 e. The average Bonchev–Trinajstić information content (AvgIpc) is 3.21. The molecular formula is C22H23F3N4O3S. The average molecular weight is 481 g/mol. The number of thiazole rings is 1. The predicted octanol–water partition coefficient (Wildman–Crippen LogP) is 4.24. The lowest BCUT2D eigenvalue weighted by Crippen LogP contribution is -2.46. The number of carbonyl (C=O) groups excluding carboxylic acids is 1. The zero-order chi connectivity index (χ0) is 23.3. The highest BCUT2D eigenvalue weighted by Crippen LogP contribution is 2.33. The topological polar surface area (TPSA) is 66.9 Å². The van der Waals surface area contributed by atoms with Gasteiger partial charge in [0.1, 0.15) is 5.75 Å². The van der Waals surface area contributed by atoms with Crippen LogP contribution < -0.4 is 15.0 Å². The standard InChI is InChI=1S/C22H23F3N4O3S/c23-22(24,25)32-17-6-7-18-19(14-17)33-21(27-18)29(9-8-28-10-12-31-13-11-28)20(30)26-15-16-4-2-1-3-5-16/h1-7,14H,8-13,15H2,(H,26,30). The van der Waals surface area contributed by atoms with Gasteiger partial charge < -0.3 is 14.8 Å². The Labute approximate surface area is 192 Å². The van der Waals surface area contributed by atoms with Crippen molar-refractivity contribution < 1.29 is 27.4 Å². The number of hydrogen-bond acceptors (Lipinski definition) is 6. The molecule has 0 unspecified atom stereocenters. The molecule has 0 bridgehead atoms. The Morgan fingerprint density at radius 1 is 1.18 bits per heavy atom. The number of ether oxygens (including phenoxy) is 2. The van der Waals surface area contributed by atoms with Crippen LogP contribution in [0, 0.1) is 0 Å². The molecule has 2 heterocycles. The summed E-state index contributed by atoms with van der Waals surface area (Å²) in [5, 5.41) is 3.32. The van der Waals surface area contributed by atoms with Crippen LogP contribution in [0.4, 0.5) is 23.1 Å². The summed E-state index contributed by atoms with van der Waals surface area (Å²) in [6.45, 7) is 4.19. The van der Waals surface area contributed by atoms with Gasteiger partial charge in [0.05, 0.1) is 23.4 Å². The maximum absolute atomic E-state index is 13.1. The number of halogens is 3. The maximum atomic E-state index is 13.1. The molecule has 2 aromatic carbocycles. The number of anilines is 1. The lowest BCUT2D eigenvalue weighted by Gasteiger charge is -2.29. The Kier molecular flexibility index (Phi) is 7.31. The first-order chi connectivity index (χ1) is 15.9. The quantitative estimate of drug-likeness (QED) is 0.548. The summed E-state index contributed by atoms with van der Waals surface area (Å²) in [6.07, 6.45) is -4.78. The molecule has 0 atom stereocenters. The van der Waals surface area contributed by atoms with Crippen LogP contribution >= 0.6 is 11.3 Å². The number of carbonyl (C=O) groups is 1. The number of nitrogens with one attached hydrogen (secondary N) is 1. The zero-order valence-electron chi connectivity index (χ0n) is 17.7. The first-order valence-electron chi connectivity index (χ1n) is 10.4. The van der Waals surface area contributed by atoms with Gasteiger partial charge in [-0.3, -0.25) is 9.80 Å². The summed E-state index contributed by atoms with van der Waals surface area (Å²) in [7, 11) is 0.